The van der Waals surface area contributed by atoms with Gasteiger partial charge in [0, 0.05) is 27.8 Å². The first-order chi connectivity index (χ1) is 9.63. The number of methoxy groups -OCH3 is 1. The monoisotopic (exact) mass is 336 g/mol. The van der Waals surface area contributed by atoms with Gasteiger partial charge in [0.1, 0.15) is 11.3 Å². The van der Waals surface area contributed by atoms with Gasteiger partial charge in [-0.25, -0.2) is 4.98 Å². The molecule has 0 atom stereocenters. The van der Waals surface area contributed by atoms with E-state index in [9.17, 15) is 0 Å². The van der Waals surface area contributed by atoms with Crippen molar-refractivity contribution in [3.8, 4) is 5.75 Å². The Bertz CT molecular complexity index is 626. The van der Waals surface area contributed by atoms with Gasteiger partial charge in [0.2, 0.25) is 0 Å². The molecule has 0 saturated carbocycles. The van der Waals surface area contributed by atoms with Crippen molar-refractivity contribution in [1.82, 2.24) is 4.98 Å². The average molecular weight is 337 g/mol. The van der Waals surface area contributed by atoms with E-state index in [-0.39, 0.29) is 0 Å². The fraction of sp³-hybridized carbons (Fsp3) is 0.438. The van der Waals surface area contributed by atoms with Crippen LogP contribution in [0.3, 0.4) is 0 Å². The van der Waals surface area contributed by atoms with Crippen LogP contribution < -0.4 is 10.1 Å². The number of aryl methyl sites for hydroxylation is 1. The second-order valence-electron chi connectivity index (χ2n) is 4.80. The Hall–Kier alpha value is -1.29. The molecule has 3 nitrogen and oxygen atoms in total. The summed E-state index contributed by atoms with van der Waals surface area (Å²) in [5.41, 5.74) is 4.44. The summed E-state index contributed by atoms with van der Waals surface area (Å²) in [4.78, 5) is 4.75. The number of hydrogen-bond donors (Lipinski definition) is 1. The first-order valence-electron chi connectivity index (χ1n) is 7.03. The first kappa shape index (κ1) is 15.1. The fourth-order valence-corrected chi connectivity index (χ4v) is 3.02. The van der Waals surface area contributed by atoms with E-state index in [1.165, 1.54) is 11.3 Å². The van der Waals surface area contributed by atoms with E-state index in [2.05, 4.69) is 42.0 Å². The Labute approximate surface area is 128 Å². The molecule has 2 aromatic rings. The van der Waals surface area contributed by atoms with Crippen molar-refractivity contribution in [2.45, 2.75) is 33.6 Å². The Morgan fingerprint density at radius 3 is 2.65 bits per heavy atom. The van der Waals surface area contributed by atoms with Crippen LogP contribution in [0.1, 0.15) is 31.5 Å². The number of hydrogen-bond acceptors (Lipinski definition) is 3. The number of aromatic nitrogens is 1. The molecule has 1 aromatic carbocycles. The van der Waals surface area contributed by atoms with Gasteiger partial charge in [0.15, 0.2) is 0 Å². The summed E-state index contributed by atoms with van der Waals surface area (Å²) in [5.74, 6) is 0.813. The quantitative estimate of drug-likeness (QED) is 0.859. The molecule has 0 aliphatic heterocycles. The topological polar surface area (TPSA) is 34.2 Å². The van der Waals surface area contributed by atoms with Crippen molar-refractivity contribution in [2.24, 2.45) is 0 Å². The van der Waals surface area contributed by atoms with Gasteiger partial charge in [-0.2, -0.15) is 0 Å². The molecular weight excluding hydrogens is 316 g/mol. The fourth-order valence-electron chi connectivity index (χ4n) is 2.51. The molecule has 0 aliphatic rings. The number of halogens is 1. The first-order valence-corrected chi connectivity index (χ1v) is 7.82. The third-order valence-electron chi connectivity index (χ3n) is 3.48. The maximum absolute atomic E-state index is 5.46. The molecule has 0 saturated heterocycles. The highest BCUT2D eigenvalue weighted by atomic mass is 79.9. The molecule has 1 aromatic heterocycles. The molecule has 0 spiro atoms. The molecule has 20 heavy (non-hydrogen) atoms. The summed E-state index contributed by atoms with van der Waals surface area (Å²) in [6, 6.07) is 3.98. The molecule has 1 N–H and O–H groups in total. The van der Waals surface area contributed by atoms with E-state index in [4.69, 9.17) is 9.72 Å². The molecule has 0 fully saturated rings. The van der Waals surface area contributed by atoms with E-state index in [0.717, 1.165) is 46.2 Å². The summed E-state index contributed by atoms with van der Waals surface area (Å²) in [5, 5.41) is 4.68. The van der Waals surface area contributed by atoms with Gasteiger partial charge < -0.3 is 10.1 Å². The van der Waals surface area contributed by atoms with Crippen LogP contribution in [-0.2, 0) is 6.42 Å². The minimum atomic E-state index is 0.813. The summed E-state index contributed by atoms with van der Waals surface area (Å²) >= 11 is 3.66. The van der Waals surface area contributed by atoms with Gasteiger partial charge >= 0.3 is 0 Å². The predicted molar refractivity (Wildman–Crippen MR) is 88.9 cm³/mol. The Morgan fingerprint density at radius 2 is 2.05 bits per heavy atom. The number of nitrogens with zero attached hydrogens (tertiary/aromatic N) is 1. The average Bonchev–Trinajstić information content (AvgIpc) is 2.44. The molecule has 0 unspecified atom stereocenters. The highest BCUT2D eigenvalue weighted by molar-refractivity contribution is 9.10. The minimum absolute atomic E-state index is 0.813. The molecule has 108 valence electrons. The zero-order valence-electron chi connectivity index (χ0n) is 12.5. The second-order valence-corrected chi connectivity index (χ2v) is 5.66. The maximum atomic E-state index is 5.46. The van der Waals surface area contributed by atoms with Crippen LogP contribution in [0.4, 0.5) is 5.69 Å². The molecular formula is C16H21BrN2O. The summed E-state index contributed by atoms with van der Waals surface area (Å²) in [7, 11) is 1.69. The number of ether oxygens (including phenoxy) is 1. The van der Waals surface area contributed by atoms with E-state index in [1.54, 1.807) is 7.11 Å². The lowest BCUT2D eigenvalue weighted by Gasteiger charge is -2.18. The number of benzene rings is 1. The van der Waals surface area contributed by atoms with E-state index in [1.807, 2.05) is 12.1 Å². The van der Waals surface area contributed by atoms with Crippen molar-refractivity contribution in [1.29, 1.82) is 0 Å². The molecule has 2 rings (SSSR count). The summed E-state index contributed by atoms with van der Waals surface area (Å²) < 4.78 is 6.51. The molecule has 0 amide bonds. The number of fused-ring (bicyclic) bond motifs is 1. The van der Waals surface area contributed by atoms with E-state index in [0.29, 0.717) is 0 Å². The van der Waals surface area contributed by atoms with Gasteiger partial charge in [-0.05, 0) is 37.5 Å². The molecule has 0 aliphatic carbocycles. The van der Waals surface area contributed by atoms with Gasteiger partial charge in [-0.3, -0.25) is 0 Å². The molecule has 1 heterocycles. The smallest absolute Gasteiger partial charge is 0.145 e. The minimum Gasteiger partial charge on any atom is -0.494 e. The third kappa shape index (κ3) is 2.62. The van der Waals surface area contributed by atoms with E-state index < -0.39 is 0 Å². The molecule has 4 heteroatoms. The van der Waals surface area contributed by atoms with Crippen molar-refractivity contribution in [3.05, 3.63) is 27.9 Å². The second kappa shape index (κ2) is 6.44. The molecule has 0 radical (unpaired) electrons. The highest BCUT2D eigenvalue weighted by Crippen LogP contribution is 2.38. The summed E-state index contributed by atoms with van der Waals surface area (Å²) in [6.45, 7) is 7.36. The van der Waals surface area contributed by atoms with Gasteiger partial charge in [0.25, 0.3) is 0 Å². The third-order valence-corrected chi connectivity index (χ3v) is 4.14. The standard InChI is InChI=1S/C16H21BrN2O/c1-5-9-18-15-11(6-2)10(3)19-16-13(20-4)8-7-12(17)14(15)16/h7-8H,5-6,9H2,1-4H3,(H,18,19). The van der Waals surface area contributed by atoms with Crippen LogP contribution in [-0.4, -0.2) is 18.6 Å². The highest BCUT2D eigenvalue weighted by Gasteiger charge is 2.16. The van der Waals surface area contributed by atoms with Crippen molar-refractivity contribution < 1.29 is 4.74 Å². The van der Waals surface area contributed by atoms with Gasteiger partial charge in [-0.1, -0.05) is 29.8 Å². The Kier molecular flexibility index (Phi) is 4.86. The lowest BCUT2D eigenvalue weighted by Crippen LogP contribution is -2.07. The zero-order valence-corrected chi connectivity index (χ0v) is 14.1. The summed E-state index contributed by atoms with van der Waals surface area (Å²) in [6.07, 6.45) is 2.05. The van der Waals surface area contributed by atoms with Crippen molar-refractivity contribution >= 4 is 32.5 Å². The van der Waals surface area contributed by atoms with Gasteiger partial charge in [0.05, 0.1) is 7.11 Å². The zero-order chi connectivity index (χ0) is 14.7. The maximum Gasteiger partial charge on any atom is 0.145 e. The van der Waals surface area contributed by atoms with Crippen LogP contribution in [0.2, 0.25) is 0 Å². The number of anilines is 1. The largest absolute Gasteiger partial charge is 0.494 e. The Balaban J connectivity index is 2.81. The lowest BCUT2D eigenvalue weighted by molar-refractivity contribution is 0.419. The van der Waals surface area contributed by atoms with Crippen molar-refractivity contribution in [3.63, 3.8) is 0 Å². The molecule has 0 bridgehead atoms. The number of pyridine rings is 1. The number of nitrogens with one attached hydrogen (secondary N) is 1. The normalized spacial score (nSPS) is 10.8. The number of rotatable bonds is 5. The van der Waals surface area contributed by atoms with Crippen LogP contribution >= 0.6 is 15.9 Å². The predicted octanol–water partition coefficient (Wildman–Crippen LogP) is 4.70. The van der Waals surface area contributed by atoms with E-state index >= 15 is 0 Å². The van der Waals surface area contributed by atoms with Crippen LogP contribution in [0.5, 0.6) is 5.75 Å². The SMILES string of the molecule is CCCNc1c(CC)c(C)nc2c(OC)ccc(Br)c12. The van der Waals surface area contributed by atoms with Gasteiger partial charge in [-0.15, -0.1) is 0 Å². The van der Waals surface area contributed by atoms with Crippen LogP contribution in [0, 0.1) is 6.92 Å². The van der Waals surface area contributed by atoms with Crippen molar-refractivity contribution in [2.75, 3.05) is 19.0 Å². The van der Waals surface area contributed by atoms with Crippen LogP contribution in [0.25, 0.3) is 10.9 Å². The lowest BCUT2D eigenvalue weighted by atomic mass is 10.0. The Morgan fingerprint density at radius 1 is 1.30 bits per heavy atom. The van der Waals surface area contributed by atoms with Crippen LogP contribution in [0.15, 0.2) is 16.6 Å².